The molecule has 0 atom stereocenters. The third-order valence-electron chi connectivity index (χ3n) is 2.79. The highest BCUT2D eigenvalue weighted by Gasteiger charge is 2.18. The van der Waals surface area contributed by atoms with Crippen LogP contribution in [0.5, 0.6) is 11.5 Å². The molecule has 2 N–H and O–H groups in total. The lowest BCUT2D eigenvalue weighted by Gasteiger charge is -2.16. The lowest BCUT2D eigenvalue weighted by molar-refractivity contribution is 0.230. The molecule has 6 heteroatoms. The third-order valence-corrected chi connectivity index (χ3v) is 2.79. The van der Waals surface area contributed by atoms with Crippen molar-refractivity contribution in [1.29, 1.82) is 0 Å². The fourth-order valence-electron chi connectivity index (χ4n) is 1.88. The standard InChI is InChI=1S/C14H18FN3O2/c1-8(2)20-14-10(5-9(15)6-12(14)19-4)11-7-13(16)18(3)17-11/h5-8H,16H2,1-4H3. The van der Waals surface area contributed by atoms with Crippen molar-refractivity contribution in [2.45, 2.75) is 20.0 Å². The minimum atomic E-state index is -0.419. The van der Waals surface area contributed by atoms with Crippen LogP contribution < -0.4 is 15.2 Å². The summed E-state index contributed by atoms with van der Waals surface area (Å²) in [6.07, 6.45) is -0.0748. The molecule has 0 aliphatic heterocycles. The summed E-state index contributed by atoms with van der Waals surface area (Å²) in [5, 5.41) is 4.25. The van der Waals surface area contributed by atoms with Gasteiger partial charge in [-0.1, -0.05) is 0 Å². The van der Waals surface area contributed by atoms with Crippen LogP contribution in [0.25, 0.3) is 11.3 Å². The molecule has 2 aromatic rings. The van der Waals surface area contributed by atoms with Crippen LogP contribution in [-0.4, -0.2) is 23.0 Å². The number of methoxy groups -OCH3 is 1. The van der Waals surface area contributed by atoms with Crippen LogP contribution in [0, 0.1) is 5.82 Å². The molecule has 5 nitrogen and oxygen atoms in total. The van der Waals surface area contributed by atoms with Crippen molar-refractivity contribution < 1.29 is 13.9 Å². The highest BCUT2D eigenvalue weighted by molar-refractivity contribution is 5.73. The van der Waals surface area contributed by atoms with Gasteiger partial charge in [-0.25, -0.2) is 4.39 Å². The first-order chi connectivity index (χ1) is 9.42. The summed E-state index contributed by atoms with van der Waals surface area (Å²) in [4.78, 5) is 0. The van der Waals surface area contributed by atoms with Gasteiger partial charge in [0.2, 0.25) is 0 Å². The number of aromatic nitrogens is 2. The molecule has 0 amide bonds. The maximum atomic E-state index is 13.7. The summed E-state index contributed by atoms with van der Waals surface area (Å²) in [5.41, 5.74) is 6.83. The zero-order valence-electron chi connectivity index (χ0n) is 12.0. The van der Waals surface area contributed by atoms with E-state index < -0.39 is 5.82 Å². The molecule has 0 aliphatic rings. The number of nitrogen functional groups attached to an aromatic ring is 1. The number of nitrogens with zero attached hydrogens (tertiary/aromatic N) is 2. The topological polar surface area (TPSA) is 62.3 Å². The van der Waals surface area contributed by atoms with E-state index in [9.17, 15) is 4.39 Å². The Morgan fingerprint density at radius 1 is 1.30 bits per heavy atom. The van der Waals surface area contributed by atoms with Crippen molar-refractivity contribution in [3.8, 4) is 22.8 Å². The zero-order chi connectivity index (χ0) is 14.9. The lowest BCUT2D eigenvalue weighted by Crippen LogP contribution is -2.08. The van der Waals surface area contributed by atoms with Crippen molar-refractivity contribution >= 4 is 5.82 Å². The molecule has 0 fully saturated rings. The van der Waals surface area contributed by atoms with Crippen molar-refractivity contribution in [1.82, 2.24) is 9.78 Å². The van der Waals surface area contributed by atoms with Crippen molar-refractivity contribution in [2.24, 2.45) is 7.05 Å². The van der Waals surface area contributed by atoms with Crippen LogP contribution in [-0.2, 0) is 7.05 Å². The molecule has 0 saturated carbocycles. The number of hydrogen-bond donors (Lipinski definition) is 1. The molecule has 20 heavy (non-hydrogen) atoms. The molecule has 0 aliphatic carbocycles. The Morgan fingerprint density at radius 2 is 2.00 bits per heavy atom. The Balaban J connectivity index is 2.63. The molecule has 108 valence electrons. The van der Waals surface area contributed by atoms with Crippen LogP contribution in [0.2, 0.25) is 0 Å². The van der Waals surface area contributed by atoms with E-state index in [1.165, 1.54) is 23.9 Å². The second-order valence-electron chi connectivity index (χ2n) is 4.73. The van der Waals surface area contributed by atoms with Gasteiger partial charge in [0.15, 0.2) is 11.5 Å². The first kappa shape index (κ1) is 14.2. The van der Waals surface area contributed by atoms with Gasteiger partial charge in [0.1, 0.15) is 11.6 Å². The average molecular weight is 279 g/mol. The minimum Gasteiger partial charge on any atom is -0.493 e. The number of hydrogen-bond acceptors (Lipinski definition) is 4. The zero-order valence-corrected chi connectivity index (χ0v) is 12.0. The van der Waals surface area contributed by atoms with Gasteiger partial charge in [0.05, 0.1) is 24.5 Å². The SMILES string of the molecule is COc1cc(F)cc(-c2cc(N)n(C)n2)c1OC(C)C. The summed E-state index contributed by atoms with van der Waals surface area (Å²) in [7, 11) is 3.19. The molecular formula is C14H18FN3O2. The first-order valence-corrected chi connectivity index (χ1v) is 6.26. The molecule has 1 aromatic heterocycles. The predicted molar refractivity (Wildman–Crippen MR) is 75.3 cm³/mol. The van der Waals surface area contributed by atoms with E-state index in [0.29, 0.717) is 28.6 Å². The van der Waals surface area contributed by atoms with E-state index in [-0.39, 0.29) is 6.10 Å². The fraction of sp³-hybridized carbons (Fsp3) is 0.357. The van der Waals surface area contributed by atoms with E-state index in [1.54, 1.807) is 13.1 Å². The fourth-order valence-corrected chi connectivity index (χ4v) is 1.88. The van der Waals surface area contributed by atoms with Crippen LogP contribution >= 0.6 is 0 Å². The van der Waals surface area contributed by atoms with E-state index in [2.05, 4.69) is 5.10 Å². The number of rotatable bonds is 4. The Hall–Kier alpha value is -2.24. The highest BCUT2D eigenvalue weighted by atomic mass is 19.1. The van der Waals surface area contributed by atoms with E-state index in [0.717, 1.165) is 0 Å². The average Bonchev–Trinajstić information content (AvgIpc) is 2.70. The molecule has 1 heterocycles. The number of benzene rings is 1. The molecule has 0 spiro atoms. The lowest BCUT2D eigenvalue weighted by atomic mass is 10.1. The number of aryl methyl sites for hydroxylation is 1. The normalized spacial score (nSPS) is 10.9. The van der Waals surface area contributed by atoms with Gasteiger partial charge in [-0.05, 0) is 19.9 Å². The van der Waals surface area contributed by atoms with Gasteiger partial charge in [-0.3, -0.25) is 4.68 Å². The van der Waals surface area contributed by atoms with Crippen LogP contribution in [0.1, 0.15) is 13.8 Å². The van der Waals surface area contributed by atoms with Gasteiger partial charge in [0.25, 0.3) is 0 Å². The maximum absolute atomic E-state index is 13.7. The number of anilines is 1. The Kier molecular flexibility index (Phi) is 3.83. The minimum absolute atomic E-state index is 0.0748. The molecular weight excluding hydrogens is 261 g/mol. The van der Waals surface area contributed by atoms with Crippen molar-refractivity contribution in [3.63, 3.8) is 0 Å². The Labute approximate surface area is 117 Å². The molecule has 0 saturated heterocycles. The van der Waals surface area contributed by atoms with Gasteiger partial charge in [0, 0.05) is 19.2 Å². The monoisotopic (exact) mass is 279 g/mol. The smallest absolute Gasteiger partial charge is 0.171 e. The second-order valence-corrected chi connectivity index (χ2v) is 4.73. The Morgan fingerprint density at radius 3 is 2.50 bits per heavy atom. The summed E-state index contributed by atoms with van der Waals surface area (Å²) < 4.78 is 26.2. The molecule has 0 bridgehead atoms. The van der Waals surface area contributed by atoms with Crippen molar-refractivity contribution in [2.75, 3.05) is 12.8 Å². The van der Waals surface area contributed by atoms with Crippen LogP contribution in [0.3, 0.4) is 0 Å². The van der Waals surface area contributed by atoms with E-state index >= 15 is 0 Å². The van der Waals surface area contributed by atoms with E-state index in [1.807, 2.05) is 13.8 Å². The molecule has 0 radical (unpaired) electrons. The maximum Gasteiger partial charge on any atom is 0.171 e. The molecule has 1 aromatic carbocycles. The first-order valence-electron chi connectivity index (χ1n) is 6.26. The number of halogens is 1. The van der Waals surface area contributed by atoms with Crippen LogP contribution in [0.4, 0.5) is 10.2 Å². The largest absolute Gasteiger partial charge is 0.493 e. The van der Waals surface area contributed by atoms with Gasteiger partial charge < -0.3 is 15.2 Å². The summed E-state index contributed by atoms with van der Waals surface area (Å²) >= 11 is 0. The Bertz CT molecular complexity index is 604. The summed E-state index contributed by atoms with van der Waals surface area (Å²) in [6, 6.07) is 4.32. The van der Waals surface area contributed by atoms with E-state index in [4.69, 9.17) is 15.2 Å². The third kappa shape index (κ3) is 2.68. The van der Waals surface area contributed by atoms with Gasteiger partial charge in [-0.15, -0.1) is 0 Å². The number of ether oxygens (including phenoxy) is 2. The highest BCUT2D eigenvalue weighted by Crippen LogP contribution is 2.39. The van der Waals surface area contributed by atoms with Crippen molar-refractivity contribution in [3.05, 3.63) is 24.0 Å². The second kappa shape index (κ2) is 5.40. The van der Waals surface area contributed by atoms with Crippen LogP contribution in [0.15, 0.2) is 18.2 Å². The van der Waals surface area contributed by atoms with Gasteiger partial charge in [-0.2, -0.15) is 5.10 Å². The summed E-state index contributed by atoms with van der Waals surface area (Å²) in [6.45, 7) is 3.78. The molecule has 0 unspecified atom stereocenters. The number of nitrogens with two attached hydrogens (primary N) is 1. The molecule has 2 rings (SSSR count). The van der Waals surface area contributed by atoms with Gasteiger partial charge >= 0.3 is 0 Å². The summed E-state index contributed by atoms with van der Waals surface area (Å²) in [5.74, 6) is 0.857. The predicted octanol–water partition coefficient (Wildman–Crippen LogP) is 2.60. The quantitative estimate of drug-likeness (QED) is 0.934.